The maximum absolute atomic E-state index is 12.6. The minimum absolute atomic E-state index is 0.0129. The first kappa shape index (κ1) is 18.9. The number of hydrogen-bond acceptors (Lipinski definition) is 5. The van der Waals surface area contributed by atoms with Gasteiger partial charge in [0.2, 0.25) is 11.8 Å². The Kier molecular flexibility index (Phi) is 6.08. The molecule has 2 aromatic carbocycles. The van der Waals surface area contributed by atoms with Crippen LogP contribution in [0.4, 0.5) is 0 Å². The number of amides is 2. The number of carbonyl (C=O) groups is 2. The van der Waals surface area contributed by atoms with E-state index in [0.29, 0.717) is 12.4 Å². The van der Waals surface area contributed by atoms with Crippen molar-refractivity contribution < 1.29 is 24.2 Å². The van der Waals surface area contributed by atoms with Crippen LogP contribution in [0.25, 0.3) is 0 Å². The summed E-state index contributed by atoms with van der Waals surface area (Å²) in [7, 11) is 0. The number of carbonyl (C=O) groups excluding carboxylic acids is 2. The maximum atomic E-state index is 12.6. The molecule has 1 aliphatic heterocycles. The van der Waals surface area contributed by atoms with Crippen LogP contribution in [0.3, 0.4) is 0 Å². The van der Waals surface area contributed by atoms with E-state index in [-0.39, 0.29) is 31.4 Å². The molecule has 3 rings (SSSR count). The van der Waals surface area contributed by atoms with Gasteiger partial charge >= 0.3 is 0 Å². The average Bonchev–Trinajstić information content (AvgIpc) is 2.96. The highest BCUT2D eigenvalue weighted by Gasteiger charge is 2.40. The van der Waals surface area contributed by atoms with Crippen molar-refractivity contribution in [1.29, 1.82) is 0 Å². The van der Waals surface area contributed by atoms with Crippen molar-refractivity contribution in [3.05, 3.63) is 60.2 Å². The van der Waals surface area contributed by atoms with Crippen LogP contribution in [0, 0.1) is 0 Å². The molecule has 2 atom stereocenters. The van der Waals surface area contributed by atoms with Gasteiger partial charge in [-0.15, -0.1) is 0 Å². The van der Waals surface area contributed by atoms with Gasteiger partial charge in [0.1, 0.15) is 24.2 Å². The SMILES string of the molecule is CCOc1ccc(OC[C@@H](O)CN2C(=O)C[C@@H](c3ccccc3)C2=O)cc1. The number of benzene rings is 2. The van der Waals surface area contributed by atoms with Crippen molar-refractivity contribution in [2.75, 3.05) is 19.8 Å². The van der Waals surface area contributed by atoms with Crippen molar-refractivity contribution in [1.82, 2.24) is 4.90 Å². The number of ether oxygens (including phenoxy) is 2. The Bertz CT molecular complexity index is 775. The first-order valence-corrected chi connectivity index (χ1v) is 9.01. The third-order valence-corrected chi connectivity index (χ3v) is 4.42. The van der Waals surface area contributed by atoms with E-state index >= 15 is 0 Å². The Morgan fingerprint density at radius 3 is 2.30 bits per heavy atom. The summed E-state index contributed by atoms with van der Waals surface area (Å²) in [4.78, 5) is 25.9. The molecular formula is C21H23NO5. The van der Waals surface area contributed by atoms with Gasteiger partial charge in [0.25, 0.3) is 0 Å². The zero-order valence-corrected chi connectivity index (χ0v) is 15.2. The molecule has 6 nitrogen and oxygen atoms in total. The minimum Gasteiger partial charge on any atom is -0.494 e. The predicted molar refractivity (Wildman–Crippen MR) is 99.6 cm³/mol. The van der Waals surface area contributed by atoms with E-state index in [4.69, 9.17) is 9.47 Å². The second kappa shape index (κ2) is 8.68. The number of aliphatic hydroxyl groups excluding tert-OH is 1. The van der Waals surface area contributed by atoms with Crippen LogP contribution in [0.1, 0.15) is 24.8 Å². The zero-order chi connectivity index (χ0) is 19.2. The molecule has 27 heavy (non-hydrogen) atoms. The van der Waals surface area contributed by atoms with Crippen molar-refractivity contribution in [2.45, 2.75) is 25.4 Å². The Morgan fingerprint density at radius 2 is 1.67 bits per heavy atom. The minimum atomic E-state index is -0.959. The predicted octanol–water partition coefficient (Wildman–Crippen LogP) is 2.37. The summed E-state index contributed by atoms with van der Waals surface area (Å²) in [5.74, 6) is 0.308. The van der Waals surface area contributed by atoms with Gasteiger partial charge in [0, 0.05) is 6.42 Å². The molecular weight excluding hydrogens is 346 g/mol. The molecule has 1 aliphatic rings. The highest BCUT2D eigenvalue weighted by atomic mass is 16.5. The lowest BCUT2D eigenvalue weighted by atomic mass is 9.98. The molecule has 1 fully saturated rings. The normalized spacial score (nSPS) is 17.9. The van der Waals surface area contributed by atoms with Crippen molar-refractivity contribution in [2.24, 2.45) is 0 Å². The van der Waals surface area contributed by atoms with Crippen LogP contribution >= 0.6 is 0 Å². The first-order valence-electron chi connectivity index (χ1n) is 9.01. The zero-order valence-electron chi connectivity index (χ0n) is 15.2. The summed E-state index contributed by atoms with van der Waals surface area (Å²) in [6, 6.07) is 16.3. The first-order chi connectivity index (χ1) is 13.1. The molecule has 0 aromatic heterocycles. The van der Waals surface area contributed by atoms with Crippen molar-refractivity contribution in [3.8, 4) is 11.5 Å². The van der Waals surface area contributed by atoms with Crippen LogP contribution in [0.5, 0.6) is 11.5 Å². The molecule has 6 heteroatoms. The molecule has 0 radical (unpaired) electrons. The highest BCUT2D eigenvalue weighted by molar-refractivity contribution is 6.06. The van der Waals surface area contributed by atoms with Gasteiger partial charge in [-0.05, 0) is 36.8 Å². The molecule has 1 heterocycles. The summed E-state index contributed by atoms with van der Waals surface area (Å²) < 4.78 is 10.9. The average molecular weight is 369 g/mol. The fourth-order valence-electron chi connectivity index (χ4n) is 3.08. The number of imide groups is 1. The molecule has 0 aliphatic carbocycles. The molecule has 1 N–H and O–H groups in total. The number of hydrogen-bond donors (Lipinski definition) is 1. The van der Waals surface area contributed by atoms with E-state index in [0.717, 1.165) is 16.2 Å². The lowest BCUT2D eigenvalue weighted by molar-refractivity contribution is -0.140. The van der Waals surface area contributed by atoms with Crippen molar-refractivity contribution in [3.63, 3.8) is 0 Å². The lowest BCUT2D eigenvalue weighted by Crippen LogP contribution is -2.39. The molecule has 142 valence electrons. The van der Waals surface area contributed by atoms with E-state index in [2.05, 4.69) is 0 Å². The molecule has 0 unspecified atom stereocenters. The van der Waals surface area contributed by atoms with Crippen LogP contribution in [-0.4, -0.2) is 47.7 Å². The van der Waals surface area contributed by atoms with E-state index in [9.17, 15) is 14.7 Å². The fourth-order valence-corrected chi connectivity index (χ4v) is 3.08. The number of nitrogens with zero attached hydrogens (tertiary/aromatic N) is 1. The van der Waals surface area contributed by atoms with Gasteiger partial charge in [-0.2, -0.15) is 0 Å². The van der Waals surface area contributed by atoms with Gasteiger partial charge in [0.15, 0.2) is 0 Å². The molecule has 0 saturated carbocycles. The van der Waals surface area contributed by atoms with Gasteiger partial charge in [-0.3, -0.25) is 14.5 Å². The Labute approximate surface area is 158 Å². The fraction of sp³-hybridized carbons (Fsp3) is 0.333. The number of likely N-dealkylation sites (tertiary alicyclic amines) is 1. The Balaban J connectivity index is 1.53. The van der Waals surface area contributed by atoms with Crippen LogP contribution in [0.2, 0.25) is 0 Å². The summed E-state index contributed by atoms with van der Waals surface area (Å²) in [5.41, 5.74) is 0.818. The molecule has 2 amide bonds. The number of rotatable bonds is 8. The standard InChI is InChI=1S/C21H23NO5/c1-2-26-17-8-10-18(11-9-17)27-14-16(23)13-22-20(24)12-19(21(22)25)15-6-4-3-5-7-15/h3-11,16,19,23H,2,12-14H2,1H3/t16-,19-/m0/s1. The van der Waals surface area contributed by atoms with E-state index in [1.54, 1.807) is 24.3 Å². The van der Waals surface area contributed by atoms with Gasteiger partial charge in [-0.1, -0.05) is 30.3 Å². The number of β-amino-alcohol motifs (C(OH)–C–C–N with tert-alkyl or cyclic N) is 1. The topological polar surface area (TPSA) is 76.1 Å². The quantitative estimate of drug-likeness (QED) is 0.723. The van der Waals surface area contributed by atoms with Crippen molar-refractivity contribution >= 4 is 11.8 Å². The molecule has 2 aromatic rings. The third-order valence-electron chi connectivity index (χ3n) is 4.42. The summed E-state index contributed by atoms with van der Waals surface area (Å²) in [5, 5.41) is 10.2. The smallest absolute Gasteiger partial charge is 0.237 e. The third kappa shape index (κ3) is 4.65. The van der Waals surface area contributed by atoms with Gasteiger partial charge in [0.05, 0.1) is 19.1 Å². The van der Waals surface area contributed by atoms with Crippen LogP contribution in [0.15, 0.2) is 54.6 Å². The summed E-state index contributed by atoms with van der Waals surface area (Å²) >= 11 is 0. The van der Waals surface area contributed by atoms with E-state index in [1.807, 2.05) is 37.3 Å². The lowest BCUT2D eigenvalue weighted by Gasteiger charge is -2.19. The van der Waals surface area contributed by atoms with Crippen LogP contribution < -0.4 is 9.47 Å². The Hall–Kier alpha value is -2.86. The molecule has 0 bridgehead atoms. The van der Waals surface area contributed by atoms with Gasteiger partial charge < -0.3 is 14.6 Å². The molecule has 0 spiro atoms. The van der Waals surface area contributed by atoms with Crippen LogP contribution in [-0.2, 0) is 9.59 Å². The summed E-state index contributed by atoms with van der Waals surface area (Å²) in [6.45, 7) is 2.41. The monoisotopic (exact) mass is 369 g/mol. The maximum Gasteiger partial charge on any atom is 0.237 e. The second-order valence-corrected chi connectivity index (χ2v) is 6.38. The largest absolute Gasteiger partial charge is 0.494 e. The second-order valence-electron chi connectivity index (χ2n) is 6.38. The number of aliphatic hydroxyl groups is 1. The Morgan fingerprint density at radius 1 is 1.04 bits per heavy atom. The van der Waals surface area contributed by atoms with Gasteiger partial charge in [-0.25, -0.2) is 0 Å². The van der Waals surface area contributed by atoms with E-state index < -0.39 is 12.0 Å². The van der Waals surface area contributed by atoms with E-state index in [1.165, 1.54) is 0 Å². The molecule has 1 saturated heterocycles. The highest BCUT2D eigenvalue weighted by Crippen LogP contribution is 2.29. The summed E-state index contributed by atoms with van der Waals surface area (Å²) in [6.07, 6.45) is -0.825.